The van der Waals surface area contributed by atoms with Gasteiger partial charge in [0.2, 0.25) is 0 Å². The predicted molar refractivity (Wildman–Crippen MR) is 118 cm³/mol. The van der Waals surface area contributed by atoms with Gasteiger partial charge in [-0.05, 0) is 41.6 Å². The van der Waals surface area contributed by atoms with Crippen LogP contribution in [0.2, 0.25) is 0 Å². The molecular weight excluding hydrogens is 450 g/mol. The Labute approximate surface area is 181 Å². The lowest BCUT2D eigenvalue weighted by molar-refractivity contribution is -0.136. The van der Waals surface area contributed by atoms with Crippen LogP contribution in [0.25, 0.3) is 0 Å². The van der Waals surface area contributed by atoms with Crippen molar-refractivity contribution < 1.29 is 14.7 Å². The van der Waals surface area contributed by atoms with E-state index >= 15 is 0 Å². The first kappa shape index (κ1) is 20.0. The second-order valence-electron chi connectivity index (χ2n) is 7.14. The van der Waals surface area contributed by atoms with E-state index < -0.39 is 11.5 Å². The number of nitrogens with zero attached hydrogens (tertiary/aromatic N) is 1. The first-order valence-electron chi connectivity index (χ1n) is 9.41. The van der Waals surface area contributed by atoms with E-state index in [1.54, 1.807) is 34.4 Å². The quantitative estimate of drug-likeness (QED) is 0.512. The second kappa shape index (κ2) is 7.86. The van der Waals surface area contributed by atoms with Crippen LogP contribution in [0.3, 0.4) is 0 Å². The Kier molecular flexibility index (Phi) is 5.42. The van der Waals surface area contributed by atoms with Crippen molar-refractivity contribution in [1.82, 2.24) is 0 Å². The standard InChI is InChI=1S/C23H20BrNO3S/c1-2-15-5-7-16(8-6-15)21(26)13-23(28)19-12-17(24)9-10-20(19)25(22(23)27)14-18-4-3-11-29-18/h3-12,28H,2,13-14H2,1H3. The van der Waals surface area contributed by atoms with Crippen molar-refractivity contribution in [2.75, 3.05) is 4.90 Å². The molecule has 2 heterocycles. The van der Waals surface area contributed by atoms with Crippen LogP contribution in [0.4, 0.5) is 5.69 Å². The minimum absolute atomic E-state index is 0.257. The van der Waals surface area contributed by atoms with E-state index in [2.05, 4.69) is 15.9 Å². The lowest BCUT2D eigenvalue weighted by Crippen LogP contribution is -2.41. The number of benzene rings is 2. The number of Topliss-reactive ketones (excluding diaryl/α,β-unsaturated/α-hetero) is 1. The van der Waals surface area contributed by atoms with Crippen LogP contribution in [0.15, 0.2) is 64.5 Å². The molecular formula is C23H20BrNO3S. The van der Waals surface area contributed by atoms with Crippen molar-refractivity contribution in [2.45, 2.75) is 31.9 Å². The third kappa shape index (κ3) is 3.68. The summed E-state index contributed by atoms with van der Waals surface area (Å²) < 4.78 is 0.750. The SMILES string of the molecule is CCc1ccc(C(=O)CC2(O)C(=O)N(Cc3cccs3)c3ccc(Br)cc32)cc1. The van der Waals surface area contributed by atoms with Gasteiger partial charge < -0.3 is 10.0 Å². The number of rotatable bonds is 6. The Bertz CT molecular complexity index is 1060. The molecule has 4 rings (SSSR count). The van der Waals surface area contributed by atoms with Gasteiger partial charge in [-0.1, -0.05) is 53.2 Å². The average Bonchev–Trinajstić information content (AvgIpc) is 3.30. The van der Waals surface area contributed by atoms with Crippen LogP contribution in [-0.4, -0.2) is 16.8 Å². The van der Waals surface area contributed by atoms with Crippen molar-refractivity contribution >= 4 is 44.6 Å². The van der Waals surface area contributed by atoms with Gasteiger partial charge in [-0.2, -0.15) is 0 Å². The van der Waals surface area contributed by atoms with E-state index in [0.29, 0.717) is 23.4 Å². The first-order chi connectivity index (χ1) is 13.9. The number of anilines is 1. The van der Waals surface area contributed by atoms with E-state index in [1.165, 1.54) is 0 Å². The van der Waals surface area contributed by atoms with Crippen molar-refractivity contribution in [1.29, 1.82) is 0 Å². The van der Waals surface area contributed by atoms with Crippen molar-refractivity contribution in [3.8, 4) is 0 Å². The minimum Gasteiger partial charge on any atom is -0.375 e. The van der Waals surface area contributed by atoms with Crippen molar-refractivity contribution in [3.63, 3.8) is 0 Å². The van der Waals surface area contributed by atoms with Gasteiger partial charge in [0.1, 0.15) is 0 Å². The zero-order chi connectivity index (χ0) is 20.6. The molecule has 0 radical (unpaired) electrons. The minimum atomic E-state index is -1.88. The number of thiophene rings is 1. The van der Waals surface area contributed by atoms with E-state index in [0.717, 1.165) is 21.3 Å². The molecule has 0 bridgehead atoms. The zero-order valence-electron chi connectivity index (χ0n) is 15.9. The molecule has 29 heavy (non-hydrogen) atoms. The average molecular weight is 470 g/mol. The number of aliphatic hydroxyl groups is 1. The van der Waals surface area contributed by atoms with Crippen LogP contribution in [-0.2, 0) is 23.4 Å². The first-order valence-corrected chi connectivity index (χ1v) is 11.1. The topological polar surface area (TPSA) is 57.6 Å². The lowest BCUT2D eigenvalue weighted by Gasteiger charge is -2.22. The Hall–Kier alpha value is -2.28. The summed E-state index contributed by atoms with van der Waals surface area (Å²) in [6.07, 6.45) is 0.595. The van der Waals surface area contributed by atoms with Crippen LogP contribution >= 0.6 is 27.3 Å². The molecule has 1 aliphatic heterocycles. The van der Waals surface area contributed by atoms with Crippen LogP contribution in [0, 0.1) is 0 Å². The molecule has 1 N–H and O–H groups in total. The number of halogens is 1. The van der Waals surface area contributed by atoms with Crippen LogP contribution < -0.4 is 4.90 Å². The highest BCUT2D eigenvalue weighted by molar-refractivity contribution is 9.10. The van der Waals surface area contributed by atoms with E-state index in [4.69, 9.17) is 0 Å². The van der Waals surface area contributed by atoms with E-state index in [1.807, 2.05) is 48.7 Å². The van der Waals surface area contributed by atoms with Gasteiger partial charge in [-0.3, -0.25) is 9.59 Å². The summed E-state index contributed by atoms with van der Waals surface area (Å²) in [7, 11) is 0. The Morgan fingerprint density at radius 3 is 2.59 bits per heavy atom. The number of fused-ring (bicyclic) bond motifs is 1. The predicted octanol–water partition coefficient (Wildman–Crippen LogP) is 5.08. The van der Waals surface area contributed by atoms with Gasteiger partial charge in [0.25, 0.3) is 5.91 Å². The zero-order valence-corrected chi connectivity index (χ0v) is 18.3. The highest BCUT2D eigenvalue weighted by Crippen LogP contribution is 2.45. The fourth-order valence-electron chi connectivity index (χ4n) is 3.67. The van der Waals surface area contributed by atoms with Crippen molar-refractivity contribution in [3.05, 3.63) is 86.0 Å². The fourth-order valence-corrected chi connectivity index (χ4v) is 4.72. The number of amides is 1. The third-order valence-electron chi connectivity index (χ3n) is 5.29. The number of carbonyl (C=O) groups excluding carboxylic acids is 2. The molecule has 0 saturated carbocycles. The fraction of sp³-hybridized carbons (Fsp3) is 0.217. The summed E-state index contributed by atoms with van der Waals surface area (Å²) in [6, 6.07) is 16.6. The molecule has 0 aliphatic carbocycles. The molecule has 1 amide bonds. The second-order valence-corrected chi connectivity index (χ2v) is 9.09. The number of ketones is 1. The highest BCUT2D eigenvalue weighted by atomic mass is 79.9. The molecule has 1 aliphatic rings. The van der Waals surface area contributed by atoms with Gasteiger partial charge in [-0.15, -0.1) is 11.3 Å². The summed E-state index contributed by atoms with van der Waals surface area (Å²) >= 11 is 4.97. The monoisotopic (exact) mass is 469 g/mol. The lowest BCUT2D eigenvalue weighted by atomic mass is 9.88. The number of aryl methyl sites for hydroxylation is 1. The van der Waals surface area contributed by atoms with E-state index in [-0.39, 0.29) is 12.2 Å². The molecule has 0 fully saturated rings. The van der Waals surface area contributed by atoms with Gasteiger partial charge >= 0.3 is 0 Å². The summed E-state index contributed by atoms with van der Waals surface area (Å²) in [5, 5.41) is 13.4. The summed E-state index contributed by atoms with van der Waals surface area (Å²) in [6.45, 7) is 2.42. The van der Waals surface area contributed by atoms with Crippen LogP contribution in [0.5, 0.6) is 0 Å². The molecule has 1 aromatic heterocycles. The molecule has 6 heteroatoms. The normalized spacial score (nSPS) is 18.2. The van der Waals surface area contributed by atoms with Crippen molar-refractivity contribution in [2.24, 2.45) is 0 Å². The molecule has 1 unspecified atom stereocenters. The summed E-state index contributed by atoms with van der Waals surface area (Å²) in [5.74, 6) is -0.718. The third-order valence-corrected chi connectivity index (χ3v) is 6.64. The van der Waals surface area contributed by atoms with Gasteiger partial charge in [-0.25, -0.2) is 0 Å². The molecule has 4 nitrogen and oxygen atoms in total. The van der Waals surface area contributed by atoms with Crippen LogP contribution in [0.1, 0.15) is 39.7 Å². The molecule has 3 aromatic rings. The number of hydrogen-bond acceptors (Lipinski definition) is 4. The molecule has 148 valence electrons. The van der Waals surface area contributed by atoms with Gasteiger partial charge in [0.05, 0.1) is 18.7 Å². The molecule has 0 spiro atoms. The van der Waals surface area contributed by atoms with E-state index in [9.17, 15) is 14.7 Å². The summed E-state index contributed by atoms with van der Waals surface area (Å²) in [4.78, 5) is 28.8. The maximum Gasteiger partial charge on any atom is 0.264 e. The molecule has 2 aromatic carbocycles. The highest BCUT2D eigenvalue weighted by Gasteiger charge is 2.51. The summed E-state index contributed by atoms with van der Waals surface area (Å²) in [5.41, 5.74) is 0.858. The maximum atomic E-state index is 13.3. The number of carbonyl (C=O) groups is 2. The molecule has 1 atom stereocenters. The number of hydrogen-bond donors (Lipinski definition) is 1. The maximum absolute atomic E-state index is 13.3. The Morgan fingerprint density at radius 1 is 1.17 bits per heavy atom. The largest absolute Gasteiger partial charge is 0.375 e. The van der Waals surface area contributed by atoms with Gasteiger partial charge in [0, 0.05) is 20.5 Å². The smallest absolute Gasteiger partial charge is 0.264 e. The van der Waals surface area contributed by atoms with Gasteiger partial charge in [0.15, 0.2) is 11.4 Å². The molecule has 0 saturated heterocycles. The Morgan fingerprint density at radius 2 is 1.93 bits per heavy atom. The Balaban J connectivity index is 1.68.